The predicted molar refractivity (Wildman–Crippen MR) is 109 cm³/mol. The van der Waals surface area contributed by atoms with Crippen molar-refractivity contribution >= 4 is 17.7 Å². The number of nitrogens with zero attached hydrogens (tertiary/aromatic N) is 1. The Morgan fingerprint density at radius 3 is 2.36 bits per heavy atom. The van der Waals surface area contributed by atoms with Crippen LogP contribution in [-0.4, -0.2) is 31.3 Å². The van der Waals surface area contributed by atoms with Crippen LogP contribution < -0.4 is 4.90 Å². The van der Waals surface area contributed by atoms with Gasteiger partial charge in [0.05, 0.1) is 19.2 Å². The lowest BCUT2D eigenvalue weighted by molar-refractivity contribution is -0.141. The predicted octanol–water partition coefficient (Wildman–Crippen LogP) is 4.93. The Morgan fingerprint density at radius 1 is 1.07 bits per heavy atom. The highest BCUT2D eigenvalue weighted by molar-refractivity contribution is 5.93. The fourth-order valence-corrected chi connectivity index (χ4v) is 3.61. The van der Waals surface area contributed by atoms with Gasteiger partial charge in [-0.15, -0.1) is 0 Å². The molecule has 0 saturated heterocycles. The van der Waals surface area contributed by atoms with E-state index in [1.54, 1.807) is 4.90 Å². The van der Waals surface area contributed by atoms with Crippen molar-refractivity contribution < 1.29 is 19.1 Å². The Labute approximate surface area is 166 Å². The van der Waals surface area contributed by atoms with Crippen LogP contribution in [0.2, 0.25) is 0 Å². The third-order valence-electron chi connectivity index (χ3n) is 4.93. The molecule has 148 valence electrons. The highest BCUT2D eigenvalue weighted by Gasteiger charge is 2.44. The van der Waals surface area contributed by atoms with Gasteiger partial charge in [-0.25, -0.2) is 4.79 Å². The van der Waals surface area contributed by atoms with Gasteiger partial charge in [-0.3, -0.25) is 9.69 Å². The van der Waals surface area contributed by atoms with E-state index in [9.17, 15) is 9.59 Å². The van der Waals surface area contributed by atoms with Crippen molar-refractivity contribution in [3.05, 3.63) is 54.1 Å². The van der Waals surface area contributed by atoms with Crippen LogP contribution >= 0.6 is 0 Å². The number of carbonyl (C=O) groups excluding carboxylic acids is 2. The standard InChI is InChI=1S/C23H27NO4/c1-22(2,3)28-21(26)24-15-23(4,14-20(25)27-5)18-13-17(11-12-19(18)24)16-9-7-6-8-10-16/h6-13H,14-15H2,1-5H3. The summed E-state index contributed by atoms with van der Waals surface area (Å²) in [5.74, 6) is -0.301. The minimum atomic E-state index is -0.595. The van der Waals surface area contributed by atoms with Gasteiger partial charge in [0.2, 0.25) is 0 Å². The second-order valence-corrected chi connectivity index (χ2v) is 8.48. The molecule has 1 atom stereocenters. The van der Waals surface area contributed by atoms with E-state index in [1.165, 1.54) is 7.11 Å². The zero-order valence-corrected chi connectivity index (χ0v) is 17.1. The summed E-state index contributed by atoms with van der Waals surface area (Å²) in [5.41, 5.74) is 2.71. The van der Waals surface area contributed by atoms with E-state index in [1.807, 2.05) is 70.2 Å². The molecule has 2 aromatic carbocycles. The van der Waals surface area contributed by atoms with E-state index in [0.29, 0.717) is 6.54 Å². The normalized spacial score (nSPS) is 18.5. The summed E-state index contributed by atoms with van der Waals surface area (Å²) >= 11 is 0. The molecular weight excluding hydrogens is 354 g/mol. The molecule has 0 spiro atoms. The van der Waals surface area contributed by atoms with Gasteiger partial charge in [-0.2, -0.15) is 0 Å². The van der Waals surface area contributed by atoms with Gasteiger partial charge >= 0.3 is 12.1 Å². The smallest absolute Gasteiger partial charge is 0.414 e. The summed E-state index contributed by atoms with van der Waals surface area (Å²) < 4.78 is 10.5. The van der Waals surface area contributed by atoms with Gasteiger partial charge in [0, 0.05) is 12.0 Å². The average Bonchev–Trinajstić information content (AvgIpc) is 2.93. The maximum absolute atomic E-state index is 12.8. The molecule has 2 aromatic rings. The van der Waals surface area contributed by atoms with E-state index >= 15 is 0 Å². The van der Waals surface area contributed by atoms with Crippen molar-refractivity contribution in [1.82, 2.24) is 0 Å². The number of hydrogen-bond acceptors (Lipinski definition) is 4. The molecule has 28 heavy (non-hydrogen) atoms. The largest absolute Gasteiger partial charge is 0.469 e. The van der Waals surface area contributed by atoms with Crippen LogP contribution in [0.1, 0.15) is 39.7 Å². The molecule has 0 aromatic heterocycles. The molecule has 1 aliphatic heterocycles. The quantitative estimate of drug-likeness (QED) is 0.708. The second kappa shape index (κ2) is 7.30. The summed E-state index contributed by atoms with van der Waals surface area (Å²) in [6.45, 7) is 7.88. The first-order valence-corrected chi connectivity index (χ1v) is 9.40. The zero-order chi connectivity index (χ0) is 20.5. The van der Waals surface area contributed by atoms with Gasteiger partial charge < -0.3 is 9.47 Å². The number of esters is 1. The SMILES string of the molecule is COC(=O)CC1(C)CN(C(=O)OC(C)(C)C)c2ccc(-c3ccccc3)cc21. The number of rotatable bonds is 3. The third kappa shape index (κ3) is 4.03. The molecule has 1 aliphatic rings. The molecule has 1 unspecified atom stereocenters. The monoisotopic (exact) mass is 381 g/mol. The van der Waals surface area contributed by atoms with Crippen LogP contribution in [0.15, 0.2) is 48.5 Å². The zero-order valence-electron chi connectivity index (χ0n) is 17.1. The molecule has 0 N–H and O–H groups in total. The highest BCUT2D eigenvalue weighted by atomic mass is 16.6. The van der Waals surface area contributed by atoms with Crippen LogP contribution in [-0.2, 0) is 19.7 Å². The molecule has 0 radical (unpaired) electrons. The molecule has 3 rings (SSSR count). The van der Waals surface area contributed by atoms with E-state index < -0.39 is 17.1 Å². The van der Waals surface area contributed by atoms with Crippen molar-refractivity contribution in [1.29, 1.82) is 0 Å². The molecular formula is C23H27NO4. The maximum Gasteiger partial charge on any atom is 0.414 e. The van der Waals surface area contributed by atoms with Crippen molar-refractivity contribution in [2.45, 2.75) is 45.1 Å². The number of carbonyl (C=O) groups is 2. The summed E-state index contributed by atoms with van der Waals surface area (Å²) in [4.78, 5) is 26.5. The molecule has 5 heteroatoms. The van der Waals surface area contributed by atoms with Crippen molar-refractivity contribution in [2.75, 3.05) is 18.6 Å². The van der Waals surface area contributed by atoms with Gasteiger partial charge in [0.15, 0.2) is 0 Å². The fraction of sp³-hybridized carbons (Fsp3) is 0.391. The lowest BCUT2D eigenvalue weighted by atomic mass is 9.80. The Kier molecular flexibility index (Phi) is 5.20. The average molecular weight is 381 g/mol. The number of amides is 1. The molecule has 5 nitrogen and oxygen atoms in total. The van der Waals surface area contributed by atoms with E-state index in [0.717, 1.165) is 22.4 Å². The summed E-state index contributed by atoms with van der Waals surface area (Å²) in [7, 11) is 1.38. The lowest BCUT2D eigenvalue weighted by Gasteiger charge is -2.27. The Hall–Kier alpha value is -2.82. The van der Waals surface area contributed by atoms with Crippen molar-refractivity contribution in [3.63, 3.8) is 0 Å². The highest BCUT2D eigenvalue weighted by Crippen LogP contribution is 2.45. The first kappa shape index (κ1) is 19.9. The number of anilines is 1. The number of fused-ring (bicyclic) bond motifs is 1. The fourth-order valence-electron chi connectivity index (χ4n) is 3.61. The maximum atomic E-state index is 12.8. The Morgan fingerprint density at radius 2 is 1.75 bits per heavy atom. The molecule has 0 saturated carbocycles. The second-order valence-electron chi connectivity index (χ2n) is 8.48. The summed E-state index contributed by atoms with van der Waals surface area (Å²) in [6.07, 6.45) is -0.219. The molecule has 0 aliphatic carbocycles. The van der Waals surface area contributed by atoms with Gasteiger partial charge in [0.25, 0.3) is 0 Å². The summed E-state index contributed by atoms with van der Waals surface area (Å²) in [5, 5.41) is 0. The summed E-state index contributed by atoms with van der Waals surface area (Å²) in [6, 6.07) is 16.0. The first-order chi connectivity index (χ1) is 13.1. The minimum Gasteiger partial charge on any atom is -0.469 e. The van der Waals surface area contributed by atoms with Crippen LogP contribution in [0, 0.1) is 0 Å². The first-order valence-electron chi connectivity index (χ1n) is 9.40. The molecule has 0 fully saturated rings. The number of methoxy groups -OCH3 is 1. The van der Waals surface area contributed by atoms with Crippen LogP contribution in [0.25, 0.3) is 11.1 Å². The van der Waals surface area contributed by atoms with Crippen LogP contribution in [0.3, 0.4) is 0 Å². The van der Waals surface area contributed by atoms with Crippen molar-refractivity contribution in [2.24, 2.45) is 0 Å². The van der Waals surface area contributed by atoms with Crippen molar-refractivity contribution in [3.8, 4) is 11.1 Å². The third-order valence-corrected chi connectivity index (χ3v) is 4.93. The molecule has 0 bridgehead atoms. The van der Waals surface area contributed by atoms with E-state index in [4.69, 9.17) is 9.47 Å². The molecule has 1 amide bonds. The van der Waals surface area contributed by atoms with E-state index in [2.05, 4.69) is 6.07 Å². The molecule has 1 heterocycles. The van der Waals surface area contributed by atoms with Crippen LogP contribution in [0.5, 0.6) is 0 Å². The van der Waals surface area contributed by atoms with Gasteiger partial charge in [-0.05, 0) is 49.6 Å². The van der Waals surface area contributed by atoms with Crippen LogP contribution in [0.4, 0.5) is 10.5 Å². The van der Waals surface area contributed by atoms with E-state index in [-0.39, 0.29) is 12.4 Å². The Balaban J connectivity index is 2.05. The lowest BCUT2D eigenvalue weighted by Crippen LogP contribution is -2.40. The minimum absolute atomic E-state index is 0.189. The topological polar surface area (TPSA) is 55.8 Å². The number of benzene rings is 2. The Bertz CT molecular complexity index is 885. The number of hydrogen-bond donors (Lipinski definition) is 0. The van der Waals surface area contributed by atoms with Gasteiger partial charge in [-0.1, -0.05) is 43.3 Å². The number of ether oxygens (including phenoxy) is 2. The van der Waals surface area contributed by atoms with Gasteiger partial charge in [0.1, 0.15) is 5.60 Å².